The number of benzene rings is 1. The van der Waals surface area contributed by atoms with E-state index >= 15 is 0 Å². The Morgan fingerprint density at radius 2 is 2.00 bits per heavy atom. The van der Waals surface area contributed by atoms with Crippen molar-refractivity contribution in [1.29, 1.82) is 0 Å². The average Bonchev–Trinajstić information content (AvgIpc) is 3.08. The highest BCUT2D eigenvalue weighted by Crippen LogP contribution is 1.99. The van der Waals surface area contributed by atoms with E-state index in [9.17, 15) is 9.59 Å². The fraction of sp³-hybridized carbons (Fsp3) is 0.294. The number of rotatable bonds is 9. The van der Waals surface area contributed by atoms with Crippen molar-refractivity contribution in [1.82, 2.24) is 25.6 Å². The van der Waals surface area contributed by atoms with Crippen LogP contribution in [0.25, 0.3) is 0 Å². The summed E-state index contributed by atoms with van der Waals surface area (Å²) in [4.78, 5) is 23.5. The van der Waals surface area contributed by atoms with Crippen LogP contribution in [0, 0.1) is 0 Å². The van der Waals surface area contributed by atoms with Gasteiger partial charge in [-0.25, -0.2) is 4.68 Å². The standard InChI is InChI=1S/C17H21N5O2/c1-2-3-9-16(23)18-10-11-22-13-15(20-21-22)17(24)19-12-14-7-5-4-6-8-14/h2,4-8,13H,1,3,9-12H2,(H,18,23)(H,19,24). The molecule has 7 nitrogen and oxygen atoms in total. The molecule has 0 atom stereocenters. The maximum atomic E-state index is 12.0. The van der Waals surface area contributed by atoms with E-state index in [1.165, 1.54) is 4.68 Å². The first kappa shape index (κ1) is 17.4. The molecule has 2 N–H and O–H groups in total. The van der Waals surface area contributed by atoms with Gasteiger partial charge in [0.05, 0.1) is 12.7 Å². The van der Waals surface area contributed by atoms with Crippen LogP contribution in [0.3, 0.4) is 0 Å². The number of allylic oxidation sites excluding steroid dienone is 1. The second-order valence-corrected chi connectivity index (χ2v) is 5.21. The van der Waals surface area contributed by atoms with Crippen molar-refractivity contribution in [2.75, 3.05) is 6.54 Å². The predicted octanol–water partition coefficient (Wildman–Crippen LogP) is 1.29. The minimum absolute atomic E-state index is 0.0316. The summed E-state index contributed by atoms with van der Waals surface area (Å²) in [5.41, 5.74) is 1.27. The van der Waals surface area contributed by atoms with E-state index in [-0.39, 0.29) is 17.5 Å². The molecular formula is C17H21N5O2. The highest BCUT2D eigenvalue weighted by atomic mass is 16.2. The van der Waals surface area contributed by atoms with Crippen molar-refractivity contribution < 1.29 is 9.59 Å². The van der Waals surface area contributed by atoms with Crippen LogP contribution in [0.4, 0.5) is 0 Å². The maximum Gasteiger partial charge on any atom is 0.273 e. The van der Waals surface area contributed by atoms with Gasteiger partial charge in [-0.2, -0.15) is 0 Å². The lowest BCUT2D eigenvalue weighted by molar-refractivity contribution is -0.121. The Balaban J connectivity index is 1.74. The molecule has 0 saturated heterocycles. The summed E-state index contributed by atoms with van der Waals surface area (Å²) in [5.74, 6) is -0.309. The first-order valence-electron chi connectivity index (χ1n) is 7.79. The van der Waals surface area contributed by atoms with Gasteiger partial charge in [-0.15, -0.1) is 11.7 Å². The van der Waals surface area contributed by atoms with Gasteiger partial charge in [0.1, 0.15) is 0 Å². The third-order valence-corrected chi connectivity index (χ3v) is 3.31. The molecule has 1 aromatic carbocycles. The Kier molecular flexibility index (Phi) is 6.70. The van der Waals surface area contributed by atoms with Crippen LogP contribution >= 0.6 is 0 Å². The normalized spacial score (nSPS) is 10.2. The molecule has 2 amide bonds. The van der Waals surface area contributed by atoms with E-state index in [0.29, 0.717) is 32.5 Å². The van der Waals surface area contributed by atoms with Crippen LogP contribution in [0.1, 0.15) is 28.9 Å². The van der Waals surface area contributed by atoms with Gasteiger partial charge in [-0.3, -0.25) is 9.59 Å². The second kappa shape index (κ2) is 9.24. The summed E-state index contributed by atoms with van der Waals surface area (Å²) in [5, 5.41) is 13.3. The van der Waals surface area contributed by atoms with E-state index in [1.54, 1.807) is 12.3 Å². The SMILES string of the molecule is C=CCCC(=O)NCCn1cc(C(=O)NCc2ccccc2)nn1. The Bertz CT molecular complexity index is 681. The molecule has 24 heavy (non-hydrogen) atoms. The molecule has 0 aliphatic heterocycles. The third-order valence-electron chi connectivity index (χ3n) is 3.31. The molecule has 2 rings (SSSR count). The van der Waals surface area contributed by atoms with Gasteiger partial charge in [0.15, 0.2) is 5.69 Å². The van der Waals surface area contributed by atoms with Crippen molar-refractivity contribution in [3.05, 3.63) is 60.4 Å². The topological polar surface area (TPSA) is 88.9 Å². The molecule has 0 bridgehead atoms. The summed E-state index contributed by atoms with van der Waals surface area (Å²) in [7, 11) is 0. The van der Waals surface area contributed by atoms with Gasteiger partial charge in [-0.05, 0) is 12.0 Å². The number of aromatic nitrogens is 3. The minimum atomic E-state index is -0.278. The molecule has 0 spiro atoms. The Morgan fingerprint density at radius 1 is 1.21 bits per heavy atom. The van der Waals surface area contributed by atoms with E-state index in [0.717, 1.165) is 5.56 Å². The number of nitrogens with zero attached hydrogens (tertiary/aromatic N) is 3. The van der Waals surface area contributed by atoms with Gasteiger partial charge in [0, 0.05) is 19.5 Å². The Morgan fingerprint density at radius 3 is 2.75 bits per heavy atom. The largest absolute Gasteiger partial charge is 0.354 e. The van der Waals surface area contributed by atoms with Crippen molar-refractivity contribution in [3.8, 4) is 0 Å². The third kappa shape index (κ3) is 5.68. The smallest absolute Gasteiger partial charge is 0.273 e. The lowest BCUT2D eigenvalue weighted by Gasteiger charge is -2.04. The van der Waals surface area contributed by atoms with Crippen molar-refractivity contribution in [3.63, 3.8) is 0 Å². The van der Waals surface area contributed by atoms with E-state index in [2.05, 4.69) is 27.5 Å². The van der Waals surface area contributed by atoms with Crippen molar-refractivity contribution in [2.45, 2.75) is 25.9 Å². The second-order valence-electron chi connectivity index (χ2n) is 5.21. The number of carbonyl (C=O) groups is 2. The molecule has 0 saturated carbocycles. The minimum Gasteiger partial charge on any atom is -0.354 e. The molecule has 7 heteroatoms. The van der Waals surface area contributed by atoms with Gasteiger partial charge < -0.3 is 10.6 Å². The lowest BCUT2D eigenvalue weighted by Crippen LogP contribution is -2.27. The Labute approximate surface area is 140 Å². The maximum absolute atomic E-state index is 12.0. The summed E-state index contributed by atoms with van der Waals surface area (Å²) < 4.78 is 1.53. The average molecular weight is 327 g/mol. The highest BCUT2D eigenvalue weighted by molar-refractivity contribution is 5.91. The molecule has 1 heterocycles. The van der Waals surface area contributed by atoms with Crippen LogP contribution < -0.4 is 10.6 Å². The van der Waals surface area contributed by atoms with Crippen LogP contribution in [0.5, 0.6) is 0 Å². The number of nitrogens with one attached hydrogen (secondary N) is 2. The summed E-state index contributed by atoms with van der Waals surface area (Å²) in [6.07, 6.45) is 4.35. The van der Waals surface area contributed by atoms with Crippen LogP contribution in [0.15, 0.2) is 49.2 Å². The molecule has 0 fully saturated rings. The summed E-state index contributed by atoms with van der Waals surface area (Å²) >= 11 is 0. The highest BCUT2D eigenvalue weighted by Gasteiger charge is 2.10. The summed E-state index contributed by atoms with van der Waals surface area (Å²) in [6.45, 7) is 4.90. The molecule has 0 aliphatic rings. The first-order chi connectivity index (χ1) is 11.7. The first-order valence-corrected chi connectivity index (χ1v) is 7.79. The quantitative estimate of drug-likeness (QED) is 0.679. The summed E-state index contributed by atoms with van der Waals surface area (Å²) in [6, 6.07) is 9.63. The molecule has 0 radical (unpaired) electrons. The fourth-order valence-electron chi connectivity index (χ4n) is 2.01. The van der Waals surface area contributed by atoms with Crippen LogP contribution in [-0.4, -0.2) is 33.4 Å². The van der Waals surface area contributed by atoms with E-state index in [1.807, 2.05) is 30.3 Å². The zero-order chi connectivity index (χ0) is 17.2. The van der Waals surface area contributed by atoms with E-state index < -0.39 is 0 Å². The predicted molar refractivity (Wildman–Crippen MR) is 90.1 cm³/mol. The van der Waals surface area contributed by atoms with Gasteiger partial charge >= 0.3 is 0 Å². The van der Waals surface area contributed by atoms with E-state index in [4.69, 9.17) is 0 Å². The van der Waals surface area contributed by atoms with Gasteiger partial charge in [-0.1, -0.05) is 41.6 Å². The lowest BCUT2D eigenvalue weighted by atomic mass is 10.2. The Hall–Kier alpha value is -2.96. The fourth-order valence-corrected chi connectivity index (χ4v) is 2.01. The molecular weight excluding hydrogens is 306 g/mol. The number of hydrogen-bond donors (Lipinski definition) is 2. The molecule has 126 valence electrons. The molecule has 0 unspecified atom stereocenters. The van der Waals surface area contributed by atoms with Crippen molar-refractivity contribution >= 4 is 11.8 Å². The zero-order valence-electron chi connectivity index (χ0n) is 13.4. The van der Waals surface area contributed by atoms with Crippen molar-refractivity contribution in [2.24, 2.45) is 0 Å². The van der Waals surface area contributed by atoms with Gasteiger partial charge in [0.2, 0.25) is 5.91 Å². The molecule has 0 aliphatic carbocycles. The van der Waals surface area contributed by atoms with Gasteiger partial charge in [0.25, 0.3) is 5.91 Å². The number of hydrogen-bond acceptors (Lipinski definition) is 4. The zero-order valence-corrected chi connectivity index (χ0v) is 13.4. The molecule has 1 aromatic heterocycles. The number of carbonyl (C=O) groups excluding carboxylic acids is 2. The monoisotopic (exact) mass is 327 g/mol. The van der Waals surface area contributed by atoms with Crippen LogP contribution in [0.2, 0.25) is 0 Å². The number of amides is 2. The van der Waals surface area contributed by atoms with Crippen LogP contribution in [-0.2, 0) is 17.9 Å². The molecule has 2 aromatic rings.